The summed E-state index contributed by atoms with van der Waals surface area (Å²) >= 11 is 0. The van der Waals surface area contributed by atoms with Gasteiger partial charge >= 0.3 is 0 Å². The zero-order valence-electron chi connectivity index (χ0n) is 12.4. The van der Waals surface area contributed by atoms with Crippen LogP contribution in [0.3, 0.4) is 0 Å². The minimum atomic E-state index is 0.423. The summed E-state index contributed by atoms with van der Waals surface area (Å²) in [5, 5.41) is 3.68. The van der Waals surface area contributed by atoms with E-state index in [1.54, 1.807) is 0 Å². The van der Waals surface area contributed by atoms with Gasteiger partial charge in [0.15, 0.2) is 0 Å². The molecule has 1 saturated heterocycles. The SMILES string of the molecule is CN(CC1CCCO1)C(CNC1CC1)c1ccccc1. The Labute approximate surface area is 122 Å². The maximum atomic E-state index is 5.79. The first kappa shape index (κ1) is 14.1. The molecule has 3 rings (SSSR count). The molecule has 3 nitrogen and oxygen atoms in total. The Morgan fingerprint density at radius 2 is 2.05 bits per heavy atom. The van der Waals surface area contributed by atoms with E-state index in [1.807, 2.05) is 0 Å². The van der Waals surface area contributed by atoms with Gasteiger partial charge < -0.3 is 10.1 Å². The summed E-state index contributed by atoms with van der Waals surface area (Å²) in [7, 11) is 2.23. The van der Waals surface area contributed by atoms with Crippen molar-refractivity contribution >= 4 is 0 Å². The molecule has 2 fully saturated rings. The number of nitrogens with one attached hydrogen (secondary N) is 1. The van der Waals surface area contributed by atoms with E-state index in [0.29, 0.717) is 12.1 Å². The quantitative estimate of drug-likeness (QED) is 0.827. The largest absolute Gasteiger partial charge is 0.377 e. The molecule has 0 radical (unpaired) electrons. The second-order valence-corrected chi connectivity index (χ2v) is 6.18. The lowest BCUT2D eigenvalue weighted by atomic mass is 10.0. The molecule has 1 aromatic rings. The highest BCUT2D eigenvalue weighted by molar-refractivity contribution is 5.19. The Morgan fingerprint density at radius 3 is 2.70 bits per heavy atom. The molecule has 20 heavy (non-hydrogen) atoms. The summed E-state index contributed by atoms with van der Waals surface area (Å²) in [6.07, 6.45) is 5.54. The van der Waals surface area contributed by atoms with Gasteiger partial charge in [0.1, 0.15) is 0 Å². The molecular formula is C17H26N2O. The van der Waals surface area contributed by atoms with Crippen LogP contribution in [0.5, 0.6) is 0 Å². The van der Waals surface area contributed by atoms with Crippen molar-refractivity contribution in [2.75, 3.05) is 26.7 Å². The topological polar surface area (TPSA) is 24.5 Å². The first-order valence-electron chi connectivity index (χ1n) is 7.93. The third-order valence-corrected chi connectivity index (χ3v) is 4.41. The van der Waals surface area contributed by atoms with E-state index in [0.717, 1.165) is 25.7 Å². The smallest absolute Gasteiger partial charge is 0.0702 e. The molecule has 0 amide bonds. The number of nitrogens with zero attached hydrogens (tertiary/aromatic N) is 1. The van der Waals surface area contributed by atoms with Crippen molar-refractivity contribution in [1.82, 2.24) is 10.2 Å². The van der Waals surface area contributed by atoms with Gasteiger partial charge in [-0.25, -0.2) is 0 Å². The van der Waals surface area contributed by atoms with E-state index in [-0.39, 0.29) is 0 Å². The Morgan fingerprint density at radius 1 is 1.25 bits per heavy atom. The van der Waals surface area contributed by atoms with Gasteiger partial charge in [-0.2, -0.15) is 0 Å². The number of benzene rings is 1. The van der Waals surface area contributed by atoms with Crippen LogP contribution in [0.25, 0.3) is 0 Å². The van der Waals surface area contributed by atoms with Crippen LogP contribution in [0.15, 0.2) is 30.3 Å². The molecule has 1 heterocycles. The zero-order valence-corrected chi connectivity index (χ0v) is 12.4. The predicted molar refractivity (Wildman–Crippen MR) is 81.8 cm³/mol. The van der Waals surface area contributed by atoms with Gasteiger partial charge in [0.2, 0.25) is 0 Å². The van der Waals surface area contributed by atoms with Crippen molar-refractivity contribution in [3.63, 3.8) is 0 Å². The fourth-order valence-corrected chi connectivity index (χ4v) is 3.01. The Balaban J connectivity index is 1.63. The van der Waals surface area contributed by atoms with Crippen LogP contribution in [0.4, 0.5) is 0 Å². The zero-order chi connectivity index (χ0) is 13.8. The van der Waals surface area contributed by atoms with Crippen LogP contribution in [-0.4, -0.2) is 43.8 Å². The van der Waals surface area contributed by atoms with Gasteiger partial charge in [0, 0.05) is 31.8 Å². The highest BCUT2D eigenvalue weighted by Gasteiger charge is 2.26. The number of ether oxygens (including phenoxy) is 1. The third-order valence-electron chi connectivity index (χ3n) is 4.41. The van der Waals surface area contributed by atoms with Crippen molar-refractivity contribution < 1.29 is 4.74 Å². The van der Waals surface area contributed by atoms with Crippen molar-refractivity contribution in [3.8, 4) is 0 Å². The summed E-state index contributed by atoms with van der Waals surface area (Å²) in [6.45, 7) is 3.01. The van der Waals surface area contributed by atoms with Crippen molar-refractivity contribution in [2.24, 2.45) is 0 Å². The molecule has 2 aliphatic rings. The molecule has 0 aromatic heterocycles. The Hall–Kier alpha value is -0.900. The van der Waals surface area contributed by atoms with Crippen LogP contribution in [0, 0.1) is 0 Å². The standard InChI is InChI=1S/C17H26N2O/c1-19(13-16-8-5-11-20-16)17(12-18-15-9-10-15)14-6-3-2-4-7-14/h2-4,6-7,15-18H,5,8-13H2,1H3. The molecule has 110 valence electrons. The summed E-state index contributed by atoms with van der Waals surface area (Å²) in [5.41, 5.74) is 1.40. The van der Waals surface area contributed by atoms with E-state index in [2.05, 4.69) is 47.6 Å². The molecule has 1 saturated carbocycles. The van der Waals surface area contributed by atoms with Gasteiger partial charge in [-0.1, -0.05) is 30.3 Å². The van der Waals surface area contributed by atoms with Crippen LogP contribution in [0.1, 0.15) is 37.3 Å². The first-order valence-corrected chi connectivity index (χ1v) is 7.93. The van der Waals surface area contributed by atoms with Gasteiger partial charge in [-0.3, -0.25) is 4.90 Å². The molecule has 1 N–H and O–H groups in total. The summed E-state index contributed by atoms with van der Waals surface area (Å²) in [4.78, 5) is 2.46. The molecule has 0 bridgehead atoms. The number of likely N-dealkylation sites (N-methyl/N-ethyl adjacent to an activating group) is 1. The third kappa shape index (κ3) is 3.81. The molecular weight excluding hydrogens is 248 g/mol. The fraction of sp³-hybridized carbons (Fsp3) is 0.647. The highest BCUT2D eigenvalue weighted by atomic mass is 16.5. The van der Waals surface area contributed by atoms with E-state index < -0.39 is 0 Å². The normalized spacial score (nSPS) is 24.2. The second kappa shape index (κ2) is 6.70. The average molecular weight is 274 g/mol. The molecule has 1 aromatic carbocycles. The van der Waals surface area contributed by atoms with E-state index in [9.17, 15) is 0 Å². The summed E-state index contributed by atoms with van der Waals surface area (Å²) < 4.78 is 5.79. The van der Waals surface area contributed by atoms with E-state index in [1.165, 1.54) is 31.2 Å². The van der Waals surface area contributed by atoms with Crippen molar-refractivity contribution in [3.05, 3.63) is 35.9 Å². The highest BCUT2D eigenvalue weighted by Crippen LogP contribution is 2.24. The molecule has 2 atom stereocenters. The van der Waals surface area contributed by atoms with Gasteiger partial charge in [-0.05, 0) is 38.3 Å². The van der Waals surface area contributed by atoms with Crippen LogP contribution in [0.2, 0.25) is 0 Å². The monoisotopic (exact) mass is 274 g/mol. The predicted octanol–water partition coefficient (Wildman–Crippen LogP) is 2.59. The lowest BCUT2D eigenvalue weighted by Gasteiger charge is -2.30. The molecule has 3 heteroatoms. The van der Waals surface area contributed by atoms with Crippen LogP contribution in [-0.2, 0) is 4.74 Å². The molecule has 0 spiro atoms. The van der Waals surface area contributed by atoms with E-state index >= 15 is 0 Å². The number of hydrogen-bond donors (Lipinski definition) is 1. The first-order chi connectivity index (χ1) is 9.83. The Bertz CT molecular complexity index is 399. The summed E-state index contributed by atoms with van der Waals surface area (Å²) in [5.74, 6) is 0. The second-order valence-electron chi connectivity index (χ2n) is 6.18. The molecule has 1 aliphatic carbocycles. The minimum absolute atomic E-state index is 0.423. The average Bonchev–Trinajstić information content (AvgIpc) is 3.16. The Kier molecular flexibility index (Phi) is 4.71. The molecule has 1 aliphatic heterocycles. The maximum absolute atomic E-state index is 5.79. The number of hydrogen-bond acceptors (Lipinski definition) is 3. The van der Waals surface area contributed by atoms with Crippen molar-refractivity contribution in [2.45, 2.75) is 43.9 Å². The van der Waals surface area contributed by atoms with Gasteiger partial charge in [0.25, 0.3) is 0 Å². The summed E-state index contributed by atoms with van der Waals surface area (Å²) in [6, 6.07) is 12.1. The van der Waals surface area contributed by atoms with Crippen LogP contribution < -0.4 is 5.32 Å². The lowest BCUT2D eigenvalue weighted by Crippen LogP contribution is -2.38. The van der Waals surface area contributed by atoms with Gasteiger partial charge in [-0.15, -0.1) is 0 Å². The molecule has 2 unspecified atom stereocenters. The maximum Gasteiger partial charge on any atom is 0.0702 e. The number of rotatable bonds is 7. The fourth-order valence-electron chi connectivity index (χ4n) is 3.01. The van der Waals surface area contributed by atoms with Gasteiger partial charge in [0.05, 0.1) is 6.10 Å². The van der Waals surface area contributed by atoms with E-state index in [4.69, 9.17) is 4.74 Å². The van der Waals surface area contributed by atoms with Crippen molar-refractivity contribution in [1.29, 1.82) is 0 Å². The van der Waals surface area contributed by atoms with Crippen LogP contribution >= 0.6 is 0 Å². The minimum Gasteiger partial charge on any atom is -0.377 e. The lowest BCUT2D eigenvalue weighted by molar-refractivity contribution is 0.0675.